The Labute approximate surface area is 176 Å². The molecule has 0 radical (unpaired) electrons. The van der Waals surface area contributed by atoms with Gasteiger partial charge in [-0.3, -0.25) is 29.4 Å². The van der Waals surface area contributed by atoms with E-state index < -0.39 is 10.8 Å². The summed E-state index contributed by atoms with van der Waals surface area (Å²) < 4.78 is 10.4. The maximum Gasteiger partial charge on any atom is 0.280 e. The number of carbonyl (C=O) groups excluding carboxylic acids is 3. The predicted molar refractivity (Wildman–Crippen MR) is 108 cm³/mol. The van der Waals surface area contributed by atoms with Gasteiger partial charge in [-0.05, 0) is 29.8 Å². The maximum absolute atomic E-state index is 12.2. The second-order valence-electron chi connectivity index (χ2n) is 6.91. The van der Waals surface area contributed by atoms with Gasteiger partial charge in [-0.1, -0.05) is 12.1 Å². The zero-order valence-corrected chi connectivity index (χ0v) is 16.2. The van der Waals surface area contributed by atoms with Crippen LogP contribution in [0, 0.1) is 10.1 Å². The molecular weight excluding hydrogens is 406 g/mol. The summed E-state index contributed by atoms with van der Waals surface area (Å²) in [4.78, 5) is 47.6. The second-order valence-corrected chi connectivity index (χ2v) is 6.91. The molecule has 2 aliphatic heterocycles. The van der Waals surface area contributed by atoms with E-state index in [-0.39, 0.29) is 55.0 Å². The molecular formula is C21H17N3O7. The molecule has 0 saturated carbocycles. The molecule has 2 aromatic rings. The van der Waals surface area contributed by atoms with Crippen molar-refractivity contribution in [3.8, 4) is 11.5 Å². The van der Waals surface area contributed by atoms with E-state index in [0.717, 1.165) is 5.56 Å². The number of nitrogens with zero attached hydrogens (tertiary/aromatic N) is 2. The highest BCUT2D eigenvalue weighted by molar-refractivity contribution is 6.02. The lowest BCUT2D eigenvalue weighted by atomic mass is 10.1. The molecule has 0 aromatic heterocycles. The van der Waals surface area contributed by atoms with E-state index in [4.69, 9.17) is 9.47 Å². The Bertz CT molecular complexity index is 1090. The lowest BCUT2D eigenvalue weighted by Crippen LogP contribution is -2.28. The average molecular weight is 423 g/mol. The summed E-state index contributed by atoms with van der Waals surface area (Å²) in [6.45, 7) is 0.176. The largest absolute Gasteiger partial charge is 0.454 e. The second kappa shape index (κ2) is 8.27. The zero-order chi connectivity index (χ0) is 22.0. The van der Waals surface area contributed by atoms with Gasteiger partial charge in [-0.15, -0.1) is 0 Å². The van der Waals surface area contributed by atoms with E-state index >= 15 is 0 Å². The number of benzene rings is 2. The monoisotopic (exact) mass is 423 g/mol. The Balaban J connectivity index is 1.41. The number of nitro benzene ring substituents is 1. The molecule has 158 valence electrons. The zero-order valence-electron chi connectivity index (χ0n) is 16.2. The summed E-state index contributed by atoms with van der Waals surface area (Å²) in [7, 11) is 0. The molecule has 0 atom stereocenters. The van der Waals surface area contributed by atoms with Gasteiger partial charge in [0.25, 0.3) is 5.69 Å². The molecule has 31 heavy (non-hydrogen) atoms. The van der Waals surface area contributed by atoms with Crippen LogP contribution in [-0.2, 0) is 20.9 Å². The van der Waals surface area contributed by atoms with Crippen molar-refractivity contribution in [2.45, 2.75) is 19.4 Å². The lowest BCUT2D eigenvalue weighted by Gasteiger charge is -2.14. The highest BCUT2D eigenvalue weighted by Gasteiger charge is 2.28. The molecule has 10 nitrogen and oxygen atoms in total. The first-order valence-electron chi connectivity index (χ1n) is 9.40. The minimum atomic E-state index is -0.561. The number of ether oxygens (including phenoxy) is 2. The van der Waals surface area contributed by atoms with Crippen LogP contribution in [-0.4, -0.2) is 34.3 Å². The van der Waals surface area contributed by atoms with E-state index in [1.165, 1.54) is 29.2 Å². The Morgan fingerprint density at radius 3 is 2.39 bits per heavy atom. The van der Waals surface area contributed by atoms with Crippen molar-refractivity contribution in [2.24, 2.45) is 0 Å². The van der Waals surface area contributed by atoms with Crippen molar-refractivity contribution in [1.82, 2.24) is 4.90 Å². The van der Waals surface area contributed by atoms with Crippen LogP contribution in [0.3, 0.4) is 0 Å². The third-order valence-corrected chi connectivity index (χ3v) is 4.85. The smallest absolute Gasteiger partial charge is 0.280 e. The highest BCUT2D eigenvalue weighted by atomic mass is 16.7. The van der Waals surface area contributed by atoms with E-state index in [0.29, 0.717) is 11.4 Å². The van der Waals surface area contributed by atoms with Gasteiger partial charge >= 0.3 is 0 Å². The van der Waals surface area contributed by atoms with Crippen LogP contribution in [0.15, 0.2) is 42.5 Å². The normalized spacial score (nSPS) is 15.0. The van der Waals surface area contributed by atoms with Crippen LogP contribution < -0.4 is 14.8 Å². The van der Waals surface area contributed by atoms with Gasteiger partial charge in [0.15, 0.2) is 11.5 Å². The number of rotatable bonds is 6. The fourth-order valence-electron chi connectivity index (χ4n) is 3.26. The van der Waals surface area contributed by atoms with Crippen LogP contribution in [0.5, 0.6) is 11.5 Å². The first kappa shape index (κ1) is 20.1. The Kier molecular flexibility index (Phi) is 5.35. The summed E-state index contributed by atoms with van der Waals surface area (Å²) in [5.74, 6) is -0.207. The Hall–Kier alpha value is -4.21. The summed E-state index contributed by atoms with van der Waals surface area (Å²) in [5.41, 5.74) is 1.26. The molecule has 10 heteroatoms. The summed E-state index contributed by atoms with van der Waals surface area (Å²) >= 11 is 0. The van der Waals surface area contributed by atoms with E-state index in [9.17, 15) is 24.5 Å². The number of anilines is 1. The van der Waals surface area contributed by atoms with Crippen LogP contribution >= 0.6 is 0 Å². The fraction of sp³-hybridized carbons (Fsp3) is 0.190. The number of fused-ring (bicyclic) bond motifs is 1. The topological polar surface area (TPSA) is 128 Å². The third-order valence-electron chi connectivity index (χ3n) is 4.85. The SMILES string of the molecule is O=C(/C=C/c1cc2c(cc1[N+](=O)[O-])OCO2)Nc1ccc(CN2C(=O)CCC2=O)cc1. The van der Waals surface area contributed by atoms with Gasteiger partial charge in [0, 0.05) is 24.6 Å². The molecule has 2 aliphatic rings. The number of imide groups is 1. The number of amides is 3. The number of hydrogen-bond acceptors (Lipinski definition) is 7. The Morgan fingerprint density at radius 2 is 1.74 bits per heavy atom. The van der Waals surface area contributed by atoms with Gasteiger partial charge in [0.1, 0.15) is 0 Å². The van der Waals surface area contributed by atoms with Gasteiger partial charge in [-0.2, -0.15) is 0 Å². The number of hydrogen-bond donors (Lipinski definition) is 1. The van der Waals surface area contributed by atoms with Gasteiger partial charge in [0.05, 0.1) is 23.1 Å². The minimum Gasteiger partial charge on any atom is -0.454 e. The van der Waals surface area contributed by atoms with Crippen molar-refractivity contribution >= 4 is 35.2 Å². The van der Waals surface area contributed by atoms with E-state index in [2.05, 4.69) is 5.32 Å². The van der Waals surface area contributed by atoms with Crippen molar-refractivity contribution in [3.05, 3.63) is 63.7 Å². The molecule has 1 saturated heterocycles. The van der Waals surface area contributed by atoms with Crippen LogP contribution in [0.1, 0.15) is 24.0 Å². The molecule has 0 aliphatic carbocycles. The maximum atomic E-state index is 12.2. The standard InChI is InChI=1S/C21H17N3O7/c25-19(6-3-14-9-17-18(31-12-30-17)10-16(14)24(28)29)22-15-4-1-13(2-5-15)11-23-20(26)7-8-21(23)27/h1-6,9-10H,7-8,11-12H2,(H,22,25)/b6-3+. The summed E-state index contributed by atoms with van der Waals surface area (Å²) in [6.07, 6.45) is 2.98. The molecule has 1 fully saturated rings. The van der Waals surface area contributed by atoms with Crippen molar-refractivity contribution < 1.29 is 28.8 Å². The molecule has 2 heterocycles. The number of nitrogens with one attached hydrogen (secondary N) is 1. The first-order chi connectivity index (χ1) is 14.9. The molecule has 0 bridgehead atoms. The van der Waals surface area contributed by atoms with Crippen LogP contribution in [0.25, 0.3) is 6.08 Å². The molecule has 3 amide bonds. The van der Waals surface area contributed by atoms with Crippen molar-refractivity contribution in [3.63, 3.8) is 0 Å². The van der Waals surface area contributed by atoms with Crippen molar-refractivity contribution in [2.75, 3.05) is 12.1 Å². The van der Waals surface area contributed by atoms with E-state index in [1.54, 1.807) is 24.3 Å². The van der Waals surface area contributed by atoms with Gasteiger partial charge < -0.3 is 14.8 Å². The number of carbonyl (C=O) groups is 3. The van der Waals surface area contributed by atoms with Crippen molar-refractivity contribution in [1.29, 1.82) is 0 Å². The molecule has 0 unspecified atom stereocenters. The molecule has 1 N–H and O–H groups in total. The quantitative estimate of drug-likeness (QED) is 0.327. The summed E-state index contributed by atoms with van der Waals surface area (Å²) in [6, 6.07) is 9.42. The van der Waals surface area contributed by atoms with Crippen LogP contribution in [0.4, 0.5) is 11.4 Å². The van der Waals surface area contributed by atoms with Crippen LogP contribution in [0.2, 0.25) is 0 Å². The molecule has 0 spiro atoms. The average Bonchev–Trinajstić information content (AvgIpc) is 3.33. The number of likely N-dealkylation sites (tertiary alicyclic amines) is 1. The first-order valence-corrected chi connectivity index (χ1v) is 9.40. The van der Waals surface area contributed by atoms with Gasteiger partial charge in [0.2, 0.25) is 24.5 Å². The highest BCUT2D eigenvalue weighted by Crippen LogP contribution is 2.38. The van der Waals surface area contributed by atoms with Gasteiger partial charge in [-0.25, -0.2) is 0 Å². The lowest BCUT2D eigenvalue weighted by molar-refractivity contribution is -0.385. The molecule has 2 aromatic carbocycles. The fourth-order valence-corrected chi connectivity index (χ4v) is 3.26. The minimum absolute atomic E-state index is 0.0176. The summed E-state index contributed by atoms with van der Waals surface area (Å²) in [5, 5.41) is 13.9. The predicted octanol–water partition coefficient (Wildman–Crippen LogP) is 2.62. The molecule has 4 rings (SSSR count). The third kappa shape index (κ3) is 4.37. The van der Waals surface area contributed by atoms with E-state index in [1.807, 2.05) is 0 Å². The number of nitro groups is 1. The Morgan fingerprint density at radius 1 is 1.10 bits per heavy atom.